The second-order valence-corrected chi connectivity index (χ2v) is 8.55. The Kier molecular flexibility index (Phi) is 5.89. The van der Waals surface area contributed by atoms with E-state index >= 15 is 0 Å². The number of amides is 1. The highest BCUT2D eigenvalue weighted by molar-refractivity contribution is 6.41. The minimum Gasteiger partial charge on any atom is -0.379 e. The van der Waals surface area contributed by atoms with E-state index in [1.807, 2.05) is 61.5 Å². The summed E-state index contributed by atoms with van der Waals surface area (Å²) in [5, 5.41) is 7.52. The van der Waals surface area contributed by atoms with Crippen molar-refractivity contribution < 1.29 is 9.59 Å². The molecule has 0 atom stereocenters. The first-order valence-electron chi connectivity index (χ1n) is 10.7. The lowest BCUT2D eigenvalue weighted by Gasteiger charge is -2.38. The summed E-state index contributed by atoms with van der Waals surface area (Å²) in [6.45, 7) is 0. The number of nitrogens with zero attached hydrogens (tertiary/aromatic N) is 2. The molecule has 0 radical (unpaired) electrons. The summed E-state index contributed by atoms with van der Waals surface area (Å²) < 4.78 is 0. The number of carbonyl (C=O) groups excluding carboxylic acids is 2. The van der Waals surface area contributed by atoms with Gasteiger partial charge >= 0.3 is 5.91 Å². The average molecular weight is 417 g/mol. The molecule has 0 unspecified atom stereocenters. The van der Waals surface area contributed by atoms with Gasteiger partial charge in [0.15, 0.2) is 0 Å². The molecule has 1 aliphatic heterocycles. The van der Waals surface area contributed by atoms with Crippen LogP contribution in [-0.2, 0) is 16.0 Å². The fourth-order valence-electron chi connectivity index (χ4n) is 4.44. The summed E-state index contributed by atoms with van der Waals surface area (Å²) in [6, 6.07) is 15.8. The zero-order valence-electron chi connectivity index (χ0n) is 18.0. The Morgan fingerprint density at radius 1 is 1.06 bits per heavy atom. The van der Waals surface area contributed by atoms with Gasteiger partial charge in [0.25, 0.3) is 0 Å². The van der Waals surface area contributed by atoms with Crippen molar-refractivity contribution in [1.29, 1.82) is 0 Å². The van der Waals surface area contributed by atoms with Crippen LogP contribution in [0.3, 0.4) is 0 Å². The van der Waals surface area contributed by atoms with Gasteiger partial charge in [0, 0.05) is 42.7 Å². The normalized spacial score (nSPS) is 18.1. The van der Waals surface area contributed by atoms with Crippen LogP contribution in [0.25, 0.3) is 5.70 Å². The van der Waals surface area contributed by atoms with Crippen LogP contribution in [0.5, 0.6) is 0 Å². The van der Waals surface area contributed by atoms with Crippen LogP contribution in [0.4, 0.5) is 5.69 Å². The number of fused-ring (bicyclic) bond motifs is 1. The van der Waals surface area contributed by atoms with E-state index in [1.54, 1.807) is 0 Å². The molecule has 0 saturated heterocycles. The third kappa shape index (κ3) is 4.68. The van der Waals surface area contributed by atoms with Crippen LogP contribution in [0.2, 0.25) is 0 Å². The minimum atomic E-state index is -0.751. The predicted molar refractivity (Wildman–Crippen MR) is 124 cm³/mol. The standard InChI is InChI=1S/C25H28N4O2/c1-29(2)20-11-9-18(10-12-20)17-26-28-24(31)23(30)15-22-21-8-4-3-7-19(21)16-25(27-22)13-5-6-14-25/h3-4,7-12,15,17,27H,5-6,13-14,16H2,1-2H3,(H,28,31)/b22-15-,26-17?. The van der Waals surface area contributed by atoms with Gasteiger partial charge in [-0.2, -0.15) is 5.10 Å². The summed E-state index contributed by atoms with van der Waals surface area (Å²) in [4.78, 5) is 26.9. The average Bonchev–Trinajstić information content (AvgIpc) is 3.21. The van der Waals surface area contributed by atoms with Gasteiger partial charge < -0.3 is 10.2 Å². The van der Waals surface area contributed by atoms with Gasteiger partial charge in [-0.25, -0.2) is 5.43 Å². The molecule has 6 nitrogen and oxygen atoms in total. The summed E-state index contributed by atoms with van der Waals surface area (Å²) in [5.41, 5.74) is 7.19. The van der Waals surface area contributed by atoms with E-state index in [9.17, 15) is 9.59 Å². The fourth-order valence-corrected chi connectivity index (χ4v) is 4.44. The Morgan fingerprint density at radius 3 is 2.48 bits per heavy atom. The van der Waals surface area contributed by atoms with E-state index in [0.717, 1.165) is 41.8 Å². The molecule has 1 amide bonds. The van der Waals surface area contributed by atoms with Gasteiger partial charge in [0.1, 0.15) is 0 Å². The van der Waals surface area contributed by atoms with Gasteiger partial charge in [-0.3, -0.25) is 9.59 Å². The third-order valence-corrected chi connectivity index (χ3v) is 6.09. The molecule has 2 aliphatic rings. The quantitative estimate of drug-likeness (QED) is 0.340. The minimum absolute atomic E-state index is 0.00613. The summed E-state index contributed by atoms with van der Waals surface area (Å²) in [7, 11) is 3.94. The molecular formula is C25H28N4O2. The van der Waals surface area contributed by atoms with Crippen molar-refractivity contribution in [3.63, 3.8) is 0 Å². The van der Waals surface area contributed by atoms with Crippen LogP contribution in [-0.4, -0.2) is 37.5 Å². The van der Waals surface area contributed by atoms with Crippen molar-refractivity contribution in [3.8, 4) is 0 Å². The van der Waals surface area contributed by atoms with Crippen LogP contribution in [0, 0.1) is 0 Å². The molecule has 1 heterocycles. The molecule has 1 aliphatic carbocycles. The maximum absolute atomic E-state index is 12.6. The lowest BCUT2D eigenvalue weighted by molar-refractivity contribution is -0.135. The lowest BCUT2D eigenvalue weighted by Crippen LogP contribution is -2.47. The topological polar surface area (TPSA) is 73.8 Å². The summed E-state index contributed by atoms with van der Waals surface area (Å²) in [6.07, 6.45) is 8.42. The maximum Gasteiger partial charge on any atom is 0.311 e. The van der Waals surface area contributed by atoms with Gasteiger partial charge in [-0.15, -0.1) is 0 Å². The molecule has 6 heteroatoms. The first-order chi connectivity index (χ1) is 15.0. The number of anilines is 1. The number of nitrogens with one attached hydrogen (secondary N) is 2. The van der Waals surface area contributed by atoms with Gasteiger partial charge in [0.2, 0.25) is 5.78 Å². The highest BCUT2D eigenvalue weighted by Gasteiger charge is 2.38. The van der Waals surface area contributed by atoms with Gasteiger partial charge in [0.05, 0.1) is 6.21 Å². The highest BCUT2D eigenvalue weighted by Crippen LogP contribution is 2.39. The number of hydrazone groups is 1. The van der Waals surface area contributed by atoms with Crippen LogP contribution < -0.4 is 15.6 Å². The molecule has 0 bridgehead atoms. The fraction of sp³-hybridized carbons (Fsp3) is 0.320. The van der Waals surface area contributed by atoms with Crippen molar-refractivity contribution in [2.24, 2.45) is 5.10 Å². The number of hydrogen-bond donors (Lipinski definition) is 2. The van der Waals surface area contributed by atoms with E-state index in [4.69, 9.17) is 0 Å². The van der Waals surface area contributed by atoms with Gasteiger partial charge in [-0.1, -0.05) is 49.2 Å². The SMILES string of the molecule is CN(C)c1ccc(C=NNC(=O)C(=O)/C=C2\NC3(CCCC3)Cc3ccccc32)cc1. The number of benzene rings is 2. The lowest BCUT2D eigenvalue weighted by atomic mass is 9.82. The van der Waals surface area contributed by atoms with E-state index in [2.05, 4.69) is 21.9 Å². The Balaban J connectivity index is 1.45. The van der Waals surface area contributed by atoms with Crippen LogP contribution in [0.15, 0.2) is 59.7 Å². The smallest absolute Gasteiger partial charge is 0.311 e. The first-order valence-corrected chi connectivity index (χ1v) is 10.7. The first kappa shape index (κ1) is 20.8. The molecule has 0 aromatic heterocycles. The zero-order valence-corrected chi connectivity index (χ0v) is 18.0. The number of carbonyl (C=O) groups is 2. The summed E-state index contributed by atoms with van der Waals surface area (Å²) >= 11 is 0. The van der Waals surface area contributed by atoms with E-state index < -0.39 is 11.7 Å². The number of hydrogen-bond acceptors (Lipinski definition) is 5. The van der Waals surface area contributed by atoms with Crippen LogP contribution >= 0.6 is 0 Å². The van der Waals surface area contributed by atoms with Crippen molar-refractivity contribution in [3.05, 3.63) is 71.3 Å². The molecule has 4 rings (SSSR count). The Morgan fingerprint density at radius 2 is 1.77 bits per heavy atom. The molecule has 1 spiro atoms. The van der Waals surface area contributed by atoms with E-state index in [0.29, 0.717) is 0 Å². The Labute approximate surface area is 183 Å². The Hall–Kier alpha value is -3.41. The van der Waals surface area contributed by atoms with Crippen molar-refractivity contribution in [2.45, 2.75) is 37.6 Å². The predicted octanol–water partition coefficient (Wildman–Crippen LogP) is 3.27. The molecule has 1 saturated carbocycles. The second-order valence-electron chi connectivity index (χ2n) is 8.55. The molecular weight excluding hydrogens is 388 g/mol. The second kappa shape index (κ2) is 8.76. The highest BCUT2D eigenvalue weighted by atomic mass is 16.2. The van der Waals surface area contributed by atoms with E-state index in [-0.39, 0.29) is 5.54 Å². The van der Waals surface area contributed by atoms with E-state index in [1.165, 1.54) is 30.7 Å². The molecule has 160 valence electrons. The van der Waals surface area contributed by atoms with Crippen molar-refractivity contribution >= 4 is 29.3 Å². The maximum atomic E-state index is 12.6. The third-order valence-electron chi connectivity index (χ3n) is 6.09. The monoisotopic (exact) mass is 416 g/mol. The largest absolute Gasteiger partial charge is 0.379 e. The molecule has 1 fully saturated rings. The molecule has 2 aromatic carbocycles. The Bertz CT molecular complexity index is 1030. The van der Waals surface area contributed by atoms with Crippen LogP contribution in [0.1, 0.15) is 42.4 Å². The van der Waals surface area contributed by atoms with Crippen molar-refractivity contribution in [2.75, 3.05) is 19.0 Å². The number of rotatable bonds is 5. The molecule has 31 heavy (non-hydrogen) atoms. The summed E-state index contributed by atoms with van der Waals surface area (Å²) in [5.74, 6) is -1.37. The molecule has 2 aromatic rings. The number of ketones is 1. The molecule has 2 N–H and O–H groups in total. The van der Waals surface area contributed by atoms with Gasteiger partial charge in [-0.05, 0) is 42.5 Å². The van der Waals surface area contributed by atoms with Crippen molar-refractivity contribution in [1.82, 2.24) is 10.7 Å². The zero-order chi connectivity index (χ0) is 21.8.